The molecule has 27 heavy (non-hydrogen) atoms. The van der Waals surface area contributed by atoms with Gasteiger partial charge in [-0.25, -0.2) is 17.1 Å². The molecular weight excluding hydrogens is 435 g/mol. The van der Waals surface area contributed by atoms with Crippen LogP contribution >= 0.6 is 15.9 Å². The van der Waals surface area contributed by atoms with E-state index in [1.54, 1.807) is 12.1 Å². The second-order valence-corrected chi connectivity index (χ2v) is 9.46. The van der Waals surface area contributed by atoms with Crippen molar-refractivity contribution in [2.24, 2.45) is 5.92 Å². The number of benzene rings is 2. The zero-order chi connectivity index (χ0) is 19.4. The van der Waals surface area contributed by atoms with E-state index in [4.69, 9.17) is 0 Å². The summed E-state index contributed by atoms with van der Waals surface area (Å²) in [6, 6.07) is 12.7. The lowest BCUT2D eigenvalue weighted by Gasteiger charge is -2.31. The van der Waals surface area contributed by atoms with Crippen molar-refractivity contribution in [2.75, 3.05) is 18.4 Å². The average molecular weight is 455 g/mol. The van der Waals surface area contributed by atoms with Crippen LogP contribution in [-0.4, -0.2) is 31.7 Å². The van der Waals surface area contributed by atoms with Crippen LogP contribution in [0.5, 0.6) is 0 Å². The van der Waals surface area contributed by atoms with Crippen LogP contribution in [0.3, 0.4) is 0 Å². The number of piperidine rings is 1. The van der Waals surface area contributed by atoms with Gasteiger partial charge < -0.3 is 5.32 Å². The van der Waals surface area contributed by atoms with Gasteiger partial charge in [0.1, 0.15) is 5.82 Å². The second-order valence-electron chi connectivity index (χ2n) is 6.58. The monoisotopic (exact) mass is 454 g/mol. The first-order valence-corrected chi connectivity index (χ1v) is 11.0. The third-order valence-corrected chi connectivity index (χ3v) is 6.81. The topological polar surface area (TPSA) is 66.5 Å². The largest absolute Gasteiger partial charge is 0.326 e. The molecule has 0 unspecified atom stereocenters. The van der Waals surface area contributed by atoms with Crippen molar-refractivity contribution in [3.05, 3.63) is 64.4 Å². The Bertz CT molecular complexity index is 919. The van der Waals surface area contributed by atoms with E-state index in [0.29, 0.717) is 30.6 Å². The number of hydrogen-bond donors (Lipinski definition) is 1. The third-order valence-electron chi connectivity index (χ3n) is 4.50. The van der Waals surface area contributed by atoms with Crippen LogP contribution in [0.25, 0.3) is 0 Å². The summed E-state index contributed by atoms with van der Waals surface area (Å²) in [5.74, 6) is -1.19. The maximum absolute atomic E-state index is 13.0. The molecule has 144 valence electrons. The normalized spacial score (nSPS) is 18.2. The Balaban J connectivity index is 1.65. The van der Waals surface area contributed by atoms with Gasteiger partial charge in [0, 0.05) is 23.2 Å². The molecule has 1 aliphatic rings. The quantitative estimate of drug-likeness (QED) is 0.747. The van der Waals surface area contributed by atoms with Gasteiger partial charge in [-0.1, -0.05) is 34.1 Å². The molecule has 2 aromatic rings. The van der Waals surface area contributed by atoms with Crippen molar-refractivity contribution in [3.63, 3.8) is 0 Å². The highest BCUT2D eigenvalue weighted by atomic mass is 79.9. The van der Waals surface area contributed by atoms with Crippen molar-refractivity contribution in [1.82, 2.24) is 4.31 Å². The van der Waals surface area contributed by atoms with Crippen LogP contribution in [0.1, 0.15) is 18.4 Å². The first kappa shape index (κ1) is 20.0. The number of carbonyl (C=O) groups excluding carboxylic acids is 1. The fourth-order valence-electron chi connectivity index (χ4n) is 3.10. The molecule has 1 saturated heterocycles. The predicted octanol–water partition coefficient (Wildman–Crippen LogP) is 3.77. The Kier molecular flexibility index (Phi) is 6.29. The molecule has 1 amide bonds. The summed E-state index contributed by atoms with van der Waals surface area (Å²) in [7, 11) is -3.57. The molecule has 0 saturated carbocycles. The number of halogens is 2. The van der Waals surface area contributed by atoms with Gasteiger partial charge in [-0.15, -0.1) is 0 Å². The number of hydrogen-bond acceptors (Lipinski definition) is 3. The van der Waals surface area contributed by atoms with E-state index in [0.717, 1.165) is 4.47 Å². The van der Waals surface area contributed by atoms with Gasteiger partial charge in [-0.3, -0.25) is 4.79 Å². The van der Waals surface area contributed by atoms with E-state index >= 15 is 0 Å². The Labute approximate surface area is 166 Å². The Morgan fingerprint density at radius 3 is 2.67 bits per heavy atom. The molecule has 0 spiro atoms. The highest BCUT2D eigenvalue weighted by Crippen LogP contribution is 2.24. The SMILES string of the molecule is O=C(Nc1cccc(Br)c1)[C@@H]1CCCN(S(=O)(=O)Cc2ccc(F)cc2)C1. The van der Waals surface area contributed by atoms with Crippen molar-refractivity contribution in [1.29, 1.82) is 0 Å². The van der Waals surface area contributed by atoms with Gasteiger partial charge in [0.15, 0.2) is 0 Å². The van der Waals surface area contributed by atoms with Crippen LogP contribution < -0.4 is 5.32 Å². The molecule has 1 fully saturated rings. The molecule has 1 aliphatic heterocycles. The first-order chi connectivity index (χ1) is 12.8. The van der Waals surface area contributed by atoms with Crippen molar-refractivity contribution in [3.8, 4) is 0 Å². The molecule has 8 heteroatoms. The number of nitrogens with zero attached hydrogens (tertiary/aromatic N) is 1. The van der Waals surface area contributed by atoms with Gasteiger partial charge >= 0.3 is 0 Å². The highest BCUT2D eigenvalue weighted by Gasteiger charge is 2.32. The molecule has 0 radical (unpaired) electrons. The van der Waals surface area contributed by atoms with Gasteiger partial charge in [-0.05, 0) is 48.7 Å². The Hall–Kier alpha value is -1.77. The van der Waals surface area contributed by atoms with Crippen molar-refractivity contribution in [2.45, 2.75) is 18.6 Å². The standard InChI is InChI=1S/C19H20BrFN2O3S/c20-16-4-1-5-18(11-16)22-19(24)15-3-2-10-23(12-15)27(25,26)13-14-6-8-17(21)9-7-14/h1,4-9,11,15H,2-3,10,12-13H2,(H,22,24)/t15-/m1/s1. The smallest absolute Gasteiger partial charge is 0.228 e. The van der Waals surface area contributed by atoms with Crippen molar-refractivity contribution >= 4 is 37.5 Å². The molecule has 1 atom stereocenters. The van der Waals surface area contributed by atoms with E-state index < -0.39 is 21.8 Å². The number of rotatable bonds is 5. The molecule has 3 rings (SSSR count). The fraction of sp³-hybridized carbons (Fsp3) is 0.316. The number of carbonyl (C=O) groups is 1. The van der Waals surface area contributed by atoms with Gasteiger partial charge in [0.05, 0.1) is 11.7 Å². The minimum absolute atomic E-state index is 0.156. The van der Waals surface area contributed by atoms with Crippen LogP contribution in [0, 0.1) is 11.7 Å². The summed E-state index contributed by atoms with van der Waals surface area (Å²) in [5, 5.41) is 2.85. The second kappa shape index (κ2) is 8.50. The van der Waals surface area contributed by atoms with E-state index in [1.165, 1.54) is 28.6 Å². The van der Waals surface area contributed by atoms with Crippen LogP contribution in [0.2, 0.25) is 0 Å². The lowest BCUT2D eigenvalue weighted by Crippen LogP contribution is -2.44. The Morgan fingerprint density at radius 1 is 1.22 bits per heavy atom. The zero-order valence-electron chi connectivity index (χ0n) is 14.6. The molecule has 0 aromatic heterocycles. The molecule has 2 aromatic carbocycles. The van der Waals surface area contributed by atoms with Gasteiger partial charge in [0.25, 0.3) is 0 Å². The van der Waals surface area contributed by atoms with Crippen LogP contribution in [-0.2, 0) is 20.6 Å². The lowest BCUT2D eigenvalue weighted by molar-refractivity contribution is -0.120. The Morgan fingerprint density at radius 2 is 1.96 bits per heavy atom. The third kappa shape index (κ3) is 5.37. The maximum Gasteiger partial charge on any atom is 0.228 e. The van der Waals surface area contributed by atoms with Crippen LogP contribution in [0.4, 0.5) is 10.1 Å². The van der Waals surface area contributed by atoms with Crippen LogP contribution in [0.15, 0.2) is 53.0 Å². The van der Waals surface area contributed by atoms with E-state index in [2.05, 4.69) is 21.2 Å². The average Bonchev–Trinajstić information content (AvgIpc) is 2.63. The minimum atomic E-state index is -3.57. The van der Waals surface area contributed by atoms with E-state index in [-0.39, 0.29) is 18.2 Å². The fourth-order valence-corrected chi connectivity index (χ4v) is 5.11. The number of sulfonamides is 1. The predicted molar refractivity (Wildman–Crippen MR) is 106 cm³/mol. The number of amides is 1. The molecular formula is C19H20BrFN2O3S. The number of nitrogens with one attached hydrogen (secondary N) is 1. The zero-order valence-corrected chi connectivity index (χ0v) is 17.0. The van der Waals surface area contributed by atoms with E-state index in [1.807, 2.05) is 12.1 Å². The summed E-state index contributed by atoms with van der Waals surface area (Å²) < 4.78 is 40.6. The van der Waals surface area contributed by atoms with Gasteiger partial charge in [0.2, 0.25) is 15.9 Å². The summed E-state index contributed by atoms with van der Waals surface area (Å²) >= 11 is 3.36. The lowest BCUT2D eigenvalue weighted by atomic mass is 9.99. The molecule has 0 bridgehead atoms. The number of anilines is 1. The molecule has 1 N–H and O–H groups in total. The highest BCUT2D eigenvalue weighted by molar-refractivity contribution is 9.10. The van der Waals surface area contributed by atoms with Crippen molar-refractivity contribution < 1.29 is 17.6 Å². The first-order valence-electron chi connectivity index (χ1n) is 8.62. The maximum atomic E-state index is 13.0. The van der Waals surface area contributed by atoms with E-state index in [9.17, 15) is 17.6 Å². The van der Waals surface area contributed by atoms with Gasteiger partial charge in [-0.2, -0.15) is 0 Å². The molecule has 5 nitrogen and oxygen atoms in total. The molecule has 0 aliphatic carbocycles. The summed E-state index contributed by atoms with van der Waals surface area (Å²) in [4.78, 5) is 12.6. The summed E-state index contributed by atoms with van der Waals surface area (Å²) in [5.41, 5.74) is 1.19. The summed E-state index contributed by atoms with van der Waals surface area (Å²) in [6.07, 6.45) is 1.27. The minimum Gasteiger partial charge on any atom is -0.326 e. The molecule has 1 heterocycles. The summed E-state index contributed by atoms with van der Waals surface area (Å²) in [6.45, 7) is 0.549.